The molecule has 0 unspecified atom stereocenters. The Morgan fingerprint density at radius 2 is 1.56 bits per heavy atom. The van der Waals surface area contributed by atoms with E-state index in [4.69, 9.17) is 18.9 Å². The number of amides is 2. The molecule has 4 rings (SSSR count). The molecule has 1 aromatic heterocycles. The fourth-order valence-corrected chi connectivity index (χ4v) is 4.61. The smallest absolute Gasteiger partial charge is 0.410 e. The van der Waals surface area contributed by atoms with E-state index < -0.39 is 5.60 Å². The average Bonchev–Trinajstić information content (AvgIpc) is 3.38. The van der Waals surface area contributed by atoms with Crippen LogP contribution in [0.4, 0.5) is 10.5 Å². The number of aromatic nitrogens is 2. The molecule has 3 aromatic rings. The van der Waals surface area contributed by atoms with Crippen LogP contribution in [0, 0.1) is 0 Å². The third-order valence-electron chi connectivity index (χ3n) is 6.56. The fourth-order valence-electron chi connectivity index (χ4n) is 4.61. The van der Waals surface area contributed by atoms with Gasteiger partial charge in [-0.15, -0.1) is 0 Å². The zero-order valence-corrected chi connectivity index (χ0v) is 23.3. The predicted octanol–water partition coefficient (Wildman–Crippen LogP) is 5.26. The second-order valence-corrected chi connectivity index (χ2v) is 10.3. The summed E-state index contributed by atoms with van der Waals surface area (Å²) in [5.41, 5.74) is 2.01. The molecular formula is C29H36N4O6. The van der Waals surface area contributed by atoms with Crippen LogP contribution in [0.1, 0.15) is 55.6 Å². The molecule has 10 nitrogen and oxygen atoms in total. The monoisotopic (exact) mass is 536 g/mol. The number of carbonyl (C=O) groups excluding carboxylic acids is 2. The van der Waals surface area contributed by atoms with Crippen molar-refractivity contribution >= 4 is 17.7 Å². The molecule has 0 aliphatic carbocycles. The van der Waals surface area contributed by atoms with Gasteiger partial charge in [0.05, 0.1) is 50.2 Å². The molecule has 0 saturated carbocycles. The Morgan fingerprint density at radius 3 is 2.15 bits per heavy atom. The highest BCUT2D eigenvalue weighted by molar-refractivity contribution is 6.06. The molecule has 2 heterocycles. The first-order valence-electron chi connectivity index (χ1n) is 12.9. The van der Waals surface area contributed by atoms with E-state index in [1.165, 1.54) is 7.11 Å². The molecule has 39 heavy (non-hydrogen) atoms. The number of hydrogen-bond acceptors (Lipinski definition) is 7. The number of likely N-dealkylation sites (tertiary alicyclic amines) is 1. The summed E-state index contributed by atoms with van der Waals surface area (Å²) in [7, 11) is 4.72. The van der Waals surface area contributed by atoms with Gasteiger partial charge in [0.1, 0.15) is 22.8 Å². The van der Waals surface area contributed by atoms with Crippen LogP contribution in [0.2, 0.25) is 0 Å². The van der Waals surface area contributed by atoms with Crippen LogP contribution in [-0.4, -0.2) is 66.7 Å². The first-order chi connectivity index (χ1) is 18.6. The van der Waals surface area contributed by atoms with E-state index in [-0.39, 0.29) is 17.9 Å². The molecule has 1 aliphatic rings. The first-order valence-corrected chi connectivity index (χ1v) is 12.9. The Bertz CT molecular complexity index is 1300. The number of anilines is 1. The van der Waals surface area contributed by atoms with E-state index in [1.807, 2.05) is 45.0 Å². The van der Waals surface area contributed by atoms with Crippen molar-refractivity contribution in [3.05, 3.63) is 59.9 Å². The summed E-state index contributed by atoms with van der Waals surface area (Å²) >= 11 is 0. The zero-order valence-electron chi connectivity index (χ0n) is 23.3. The maximum Gasteiger partial charge on any atom is 0.410 e. The van der Waals surface area contributed by atoms with Crippen LogP contribution in [0.15, 0.2) is 48.7 Å². The summed E-state index contributed by atoms with van der Waals surface area (Å²) in [4.78, 5) is 28.0. The van der Waals surface area contributed by atoms with Crippen LogP contribution in [0.5, 0.6) is 17.2 Å². The fraction of sp³-hybridized carbons (Fsp3) is 0.414. The third-order valence-corrected chi connectivity index (χ3v) is 6.56. The van der Waals surface area contributed by atoms with Crippen molar-refractivity contribution in [1.29, 1.82) is 0 Å². The van der Waals surface area contributed by atoms with Gasteiger partial charge in [0.15, 0.2) is 0 Å². The van der Waals surface area contributed by atoms with E-state index in [9.17, 15) is 9.59 Å². The lowest BCUT2D eigenvalue weighted by Crippen LogP contribution is -2.41. The van der Waals surface area contributed by atoms with Gasteiger partial charge in [0.2, 0.25) is 0 Å². The Hall–Kier alpha value is -4.21. The van der Waals surface area contributed by atoms with Crippen LogP contribution in [0.3, 0.4) is 0 Å². The van der Waals surface area contributed by atoms with Crippen molar-refractivity contribution in [2.24, 2.45) is 0 Å². The number of carbonyl (C=O) groups is 2. The van der Waals surface area contributed by atoms with E-state index in [1.54, 1.807) is 48.2 Å². The second kappa shape index (κ2) is 11.7. The van der Waals surface area contributed by atoms with Gasteiger partial charge < -0.3 is 29.2 Å². The lowest BCUT2D eigenvalue weighted by Gasteiger charge is -2.34. The molecule has 1 fully saturated rings. The highest BCUT2D eigenvalue weighted by Crippen LogP contribution is 2.35. The number of methoxy groups -OCH3 is 3. The molecule has 1 N–H and O–H groups in total. The molecule has 0 atom stereocenters. The van der Waals surface area contributed by atoms with Gasteiger partial charge in [-0.05, 0) is 70.0 Å². The zero-order chi connectivity index (χ0) is 28.2. The lowest BCUT2D eigenvalue weighted by atomic mass is 9.90. The molecular weight excluding hydrogens is 500 g/mol. The van der Waals surface area contributed by atoms with Gasteiger partial charge in [0, 0.05) is 25.1 Å². The minimum Gasteiger partial charge on any atom is -0.497 e. The summed E-state index contributed by atoms with van der Waals surface area (Å²) in [6, 6.07) is 12.7. The van der Waals surface area contributed by atoms with E-state index in [0.29, 0.717) is 48.7 Å². The van der Waals surface area contributed by atoms with Gasteiger partial charge in [0.25, 0.3) is 5.91 Å². The molecule has 2 aromatic carbocycles. The van der Waals surface area contributed by atoms with Crippen molar-refractivity contribution in [3.63, 3.8) is 0 Å². The first kappa shape index (κ1) is 27.8. The third kappa shape index (κ3) is 6.45. The van der Waals surface area contributed by atoms with Gasteiger partial charge in [-0.3, -0.25) is 4.79 Å². The molecule has 2 amide bonds. The van der Waals surface area contributed by atoms with Crippen molar-refractivity contribution in [2.75, 3.05) is 39.7 Å². The van der Waals surface area contributed by atoms with Crippen molar-refractivity contribution in [3.8, 4) is 22.9 Å². The maximum atomic E-state index is 13.6. The minimum absolute atomic E-state index is 0.00759. The number of nitrogens with one attached hydrogen (secondary N) is 1. The highest BCUT2D eigenvalue weighted by atomic mass is 16.6. The van der Waals surface area contributed by atoms with E-state index >= 15 is 0 Å². The van der Waals surface area contributed by atoms with E-state index in [0.717, 1.165) is 17.1 Å². The molecule has 1 aliphatic heterocycles. The topological polar surface area (TPSA) is 104 Å². The molecule has 0 radical (unpaired) electrons. The van der Waals surface area contributed by atoms with Crippen LogP contribution in [0.25, 0.3) is 5.69 Å². The van der Waals surface area contributed by atoms with Crippen LogP contribution in [-0.2, 0) is 4.74 Å². The van der Waals surface area contributed by atoms with E-state index in [2.05, 4.69) is 10.4 Å². The molecule has 0 bridgehead atoms. The SMILES string of the molecule is COc1ccc(-n2ncc(C(=O)Nc3ccc(OC)cc3OC)c2C2CCN(C(=O)OC(C)(C)C)CC2)cc1. The van der Waals surface area contributed by atoms with Gasteiger partial charge in [-0.25, -0.2) is 9.48 Å². The Morgan fingerprint density at radius 1 is 0.923 bits per heavy atom. The minimum atomic E-state index is -0.561. The average molecular weight is 537 g/mol. The van der Waals surface area contributed by atoms with Crippen molar-refractivity contribution in [2.45, 2.75) is 45.1 Å². The van der Waals surface area contributed by atoms with Gasteiger partial charge in [-0.2, -0.15) is 5.10 Å². The Kier molecular flexibility index (Phi) is 8.32. The molecule has 10 heteroatoms. The van der Waals surface area contributed by atoms with Crippen molar-refractivity contribution in [1.82, 2.24) is 14.7 Å². The summed E-state index contributed by atoms with van der Waals surface area (Å²) in [5.74, 6) is 1.52. The number of ether oxygens (including phenoxy) is 4. The second-order valence-electron chi connectivity index (χ2n) is 10.3. The van der Waals surface area contributed by atoms with Gasteiger partial charge in [-0.1, -0.05) is 0 Å². The van der Waals surface area contributed by atoms with Gasteiger partial charge >= 0.3 is 6.09 Å². The summed E-state index contributed by atoms with van der Waals surface area (Å²) in [6.45, 7) is 6.59. The molecule has 208 valence electrons. The number of piperidine rings is 1. The summed E-state index contributed by atoms with van der Waals surface area (Å²) < 4.78 is 23.4. The normalized spacial score (nSPS) is 14.1. The maximum absolute atomic E-state index is 13.6. The largest absolute Gasteiger partial charge is 0.497 e. The van der Waals surface area contributed by atoms with Crippen LogP contribution < -0.4 is 19.5 Å². The predicted molar refractivity (Wildman–Crippen MR) is 147 cm³/mol. The quantitative estimate of drug-likeness (QED) is 0.439. The number of rotatable bonds is 7. The summed E-state index contributed by atoms with van der Waals surface area (Å²) in [6.07, 6.45) is 2.58. The molecule has 0 spiro atoms. The van der Waals surface area contributed by atoms with Crippen LogP contribution >= 0.6 is 0 Å². The summed E-state index contributed by atoms with van der Waals surface area (Å²) in [5, 5.41) is 7.58. The lowest BCUT2D eigenvalue weighted by molar-refractivity contribution is 0.0203. The van der Waals surface area contributed by atoms with Crippen molar-refractivity contribution < 1.29 is 28.5 Å². The molecule has 1 saturated heterocycles. The highest BCUT2D eigenvalue weighted by Gasteiger charge is 2.32. The number of benzene rings is 2. The Balaban J connectivity index is 1.64. The number of nitrogens with zero attached hydrogens (tertiary/aromatic N) is 3. The number of hydrogen-bond donors (Lipinski definition) is 1. The standard InChI is InChI=1S/C29H36N4O6/c1-29(2,3)39-28(35)32-15-13-19(14-16-32)26-23(18-30-33(26)20-7-9-21(36-4)10-8-20)27(34)31-24-12-11-22(37-5)17-25(24)38-6/h7-12,17-19H,13-16H2,1-6H3,(H,31,34). The Labute approximate surface area is 228 Å².